The lowest BCUT2D eigenvalue weighted by Gasteiger charge is -2.48. The average molecular weight is 198 g/mol. The van der Waals surface area contributed by atoms with Crippen molar-refractivity contribution in [2.75, 3.05) is 6.61 Å². The van der Waals surface area contributed by atoms with E-state index in [1.807, 2.05) is 13.0 Å². The van der Waals surface area contributed by atoms with Gasteiger partial charge in [0.2, 0.25) is 0 Å². The van der Waals surface area contributed by atoms with Crippen LogP contribution in [0.15, 0.2) is 12.7 Å². The number of allylic oxidation sites excluding steroid dienone is 1. The number of aliphatic hydroxyl groups is 2. The molecule has 1 rings (SSSR count). The van der Waals surface area contributed by atoms with Crippen LogP contribution in [0.3, 0.4) is 0 Å². The molecule has 0 bridgehead atoms. The summed E-state index contributed by atoms with van der Waals surface area (Å²) in [6.45, 7) is 8.02. The lowest BCUT2D eigenvalue weighted by Crippen LogP contribution is -2.47. The van der Waals surface area contributed by atoms with E-state index in [1.165, 1.54) is 0 Å². The van der Waals surface area contributed by atoms with Gasteiger partial charge in [-0.15, -0.1) is 6.58 Å². The number of aliphatic hydroxyl groups excluding tert-OH is 1. The molecule has 2 nitrogen and oxygen atoms in total. The Morgan fingerprint density at radius 3 is 2.57 bits per heavy atom. The fourth-order valence-corrected chi connectivity index (χ4v) is 2.90. The summed E-state index contributed by atoms with van der Waals surface area (Å²) in [5, 5.41) is 19.3. The quantitative estimate of drug-likeness (QED) is 0.682. The monoisotopic (exact) mass is 198 g/mol. The molecule has 0 radical (unpaired) electrons. The summed E-state index contributed by atoms with van der Waals surface area (Å²) in [7, 11) is 0. The van der Waals surface area contributed by atoms with Crippen molar-refractivity contribution < 1.29 is 10.2 Å². The molecule has 1 aliphatic carbocycles. The van der Waals surface area contributed by atoms with Gasteiger partial charge in [-0.05, 0) is 43.9 Å². The molecule has 0 amide bonds. The Kier molecular flexibility index (Phi) is 3.38. The molecule has 0 heterocycles. The molecule has 82 valence electrons. The lowest BCUT2D eigenvalue weighted by atomic mass is 9.60. The minimum absolute atomic E-state index is 0.0233. The van der Waals surface area contributed by atoms with Gasteiger partial charge in [0.1, 0.15) is 0 Å². The van der Waals surface area contributed by atoms with Crippen molar-refractivity contribution in [3.05, 3.63) is 12.7 Å². The normalized spacial score (nSPS) is 43.6. The maximum absolute atomic E-state index is 10.3. The Hall–Kier alpha value is -0.340. The van der Waals surface area contributed by atoms with Crippen LogP contribution in [-0.4, -0.2) is 22.4 Å². The van der Waals surface area contributed by atoms with E-state index in [2.05, 4.69) is 13.5 Å². The molecule has 0 unspecified atom stereocenters. The van der Waals surface area contributed by atoms with Gasteiger partial charge in [-0.1, -0.05) is 13.0 Å². The highest BCUT2D eigenvalue weighted by molar-refractivity contribution is 5.05. The molecule has 0 aromatic heterocycles. The van der Waals surface area contributed by atoms with E-state index in [0.29, 0.717) is 6.42 Å². The first-order chi connectivity index (χ1) is 6.46. The Labute approximate surface area is 86.6 Å². The van der Waals surface area contributed by atoms with Crippen molar-refractivity contribution in [1.29, 1.82) is 0 Å². The summed E-state index contributed by atoms with van der Waals surface area (Å²) in [5.74, 6) is 0.131. The molecule has 2 N–H and O–H groups in total. The topological polar surface area (TPSA) is 40.5 Å². The molecule has 0 spiro atoms. The molecule has 0 aromatic carbocycles. The van der Waals surface area contributed by atoms with E-state index in [-0.39, 0.29) is 17.9 Å². The predicted octanol–water partition coefficient (Wildman–Crippen LogP) is 2.11. The fraction of sp³-hybridized carbons (Fsp3) is 0.833. The molecule has 1 saturated carbocycles. The van der Waals surface area contributed by atoms with Crippen LogP contribution >= 0.6 is 0 Å². The first-order valence-corrected chi connectivity index (χ1v) is 5.43. The second-order valence-corrected chi connectivity index (χ2v) is 4.99. The highest BCUT2D eigenvalue weighted by Gasteiger charge is 2.45. The van der Waals surface area contributed by atoms with Gasteiger partial charge in [-0.2, -0.15) is 0 Å². The van der Waals surface area contributed by atoms with Gasteiger partial charge in [0, 0.05) is 6.61 Å². The zero-order valence-electron chi connectivity index (χ0n) is 9.29. The Morgan fingerprint density at radius 2 is 2.07 bits per heavy atom. The number of hydrogen-bond donors (Lipinski definition) is 2. The summed E-state index contributed by atoms with van der Waals surface area (Å²) in [5.41, 5.74) is -0.672. The third-order valence-corrected chi connectivity index (χ3v) is 3.83. The minimum Gasteiger partial charge on any atom is -0.396 e. The van der Waals surface area contributed by atoms with Gasteiger partial charge in [-0.3, -0.25) is 0 Å². The van der Waals surface area contributed by atoms with Crippen LogP contribution in [0, 0.1) is 11.3 Å². The van der Waals surface area contributed by atoms with Crippen molar-refractivity contribution in [2.24, 2.45) is 11.3 Å². The van der Waals surface area contributed by atoms with Crippen LogP contribution in [-0.2, 0) is 0 Å². The highest BCUT2D eigenvalue weighted by atomic mass is 16.3. The maximum atomic E-state index is 10.3. The SMILES string of the molecule is C=C[C@@]1(C)CCC[C@@](C)(O)[C@H]1CCO. The number of rotatable bonds is 3. The van der Waals surface area contributed by atoms with Gasteiger partial charge in [0.05, 0.1) is 5.60 Å². The molecule has 3 atom stereocenters. The molecule has 0 saturated heterocycles. The summed E-state index contributed by atoms with van der Waals surface area (Å²) in [6.07, 6.45) is 5.55. The third kappa shape index (κ3) is 2.01. The summed E-state index contributed by atoms with van der Waals surface area (Å²) in [4.78, 5) is 0. The summed E-state index contributed by atoms with van der Waals surface area (Å²) >= 11 is 0. The van der Waals surface area contributed by atoms with E-state index in [4.69, 9.17) is 5.11 Å². The van der Waals surface area contributed by atoms with Gasteiger partial charge in [-0.25, -0.2) is 0 Å². The van der Waals surface area contributed by atoms with Crippen molar-refractivity contribution in [2.45, 2.75) is 45.1 Å². The number of hydrogen-bond acceptors (Lipinski definition) is 2. The molecule has 1 fully saturated rings. The molecular formula is C12H22O2. The van der Waals surface area contributed by atoms with Gasteiger partial charge >= 0.3 is 0 Å². The fourth-order valence-electron chi connectivity index (χ4n) is 2.90. The predicted molar refractivity (Wildman–Crippen MR) is 58.0 cm³/mol. The van der Waals surface area contributed by atoms with Gasteiger partial charge in [0.15, 0.2) is 0 Å². The summed E-state index contributed by atoms with van der Waals surface area (Å²) < 4.78 is 0. The van der Waals surface area contributed by atoms with Crippen LogP contribution in [0.2, 0.25) is 0 Å². The van der Waals surface area contributed by atoms with Crippen LogP contribution in [0.1, 0.15) is 39.5 Å². The van der Waals surface area contributed by atoms with Crippen LogP contribution in [0.25, 0.3) is 0 Å². The van der Waals surface area contributed by atoms with Crippen molar-refractivity contribution in [1.82, 2.24) is 0 Å². The van der Waals surface area contributed by atoms with Gasteiger partial charge < -0.3 is 10.2 Å². The second kappa shape index (κ2) is 4.03. The maximum Gasteiger partial charge on any atom is 0.0656 e. The van der Waals surface area contributed by atoms with E-state index in [9.17, 15) is 5.11 Å². The third-order valence-electron chi connectivity index (χ3n) is 3.83. The Bertz CT molecular complexity index is 210. The lowest BCUT2D eigenvalue weighted by molar-refractivity contribution is -0.0865. The Balaban J connectivity index is 2.89. The average Bonchev–Trinajstić information content (AvgIpc) is 2.11. The van der Waals surface area contributed by atoms with Crippen LogP contribution in [0.4, 0.5) is 0 Å². The van der Waals surface area contributed by atoms with Crippen LogP contribution < -0.4 is 0 Å². The molecule has 0 aromatic rings. The smallest absolute Gasteiger partial charge is 0.0656 e. The molecular weight excluding hydrogens is 176 g/mol. The first kappa shape index (κ1) is 11.7. The minimum atomic E-state index is -0.649. The van der Waals surface area contributed by atoms with Crippen molar-refractivity contribution in [3.63, 3.8) is 0 Å². The van der Waals surface area contributed by atoms with Crippen molar-refractivity contribution >= 4 is 0 Å². The molecule has 14 heavy (non-hydrogen) atoms. The van der Waals surface area contributed by atoms with E-state index in [1.54, 1.807) is 0 Å². The molecule has 1 aliphatic rings. The molecule has 2 heteroatoms. The van der Waals surface area contributed by atoms with E-state index < -0.39 is 5.60 Å². The zero-order chi connectivity index (χ0) is 10.8. The van der Waals surface area contributed by atoms with E-state index in [0.717, 1.165) is 19.3 Å². The highest BCUT2D eigenvalue weighted by Crippen LogP contribution is 2.48. The summed E-state index contributed by atoms with van der Waals surface area (Å²) in [6, 6.07) is 0. The zero-order valence-corrected chi connectivity index (χ0v) is 9.29. The Morgan fingerprint density at radius 1 is 1.43 bits per heavy atom. The van der Waals surface area contributed by atoms with Crippen LogP contribution in [0.5, 0.6) is 0 Å². The largest absolute Gasteiger partial charge is 0.396 e. The van der Waals surface area contributed by atoms with Gasteiger partial charge in [0.25, 0.3) is 0 Å². The second-order valence-electron chi connectivity index (χ2n) is 4.99. The molecule has 0 aliphatic heterocycles. The standard InChI is InChI=1S/C12H22O2/c1-4-11(2)7-5-8-12(3,14)10(11)6-9-13/h4,10,13-14H,1,5-9H2,2-3H3/t10-,11-,12+/m0/s1. The van der Waals surface area contributed by atoms with Crippen molar-refractivity contribution in [3.8, 4) is 0 Å². The van der Waals surface area contributed by atoms with E-state index >= 15 is 0 Å². The first-order valence-electron chi connectivity index (χ1n) is 5.43.